The van der Waals surface area contributed by atoms with E-state index in [9.17, 15) is 4.39 Å². The molecule has 2 atom stereocenters. The summed E-state index contributed by atoms with van der Waals surface area (Å²) in [6, 6.07) is 20.1. The molecule has 0 bridgehead atoms. The summed E-state index contributed by atoms with van der Waals surface area (Å²) < 4.78 is 15.8. The van der Waals surface area contributed by atoms with E-state index in [1.165, 1.54) is 12.1 Å². The molecule has 0 spiro atoms. The summed E-state index contributed by atoms with van der Waals surface area (Å²) in [5.41, 5.74) is 3.91. The molecule has 0 amide bonds. The van der Waals surface area contributed by atoms with Crippen LogP contribution in [-0.4, -0.2) is 19.6 Å². The Labute approximate surface area is 185 Å². The predicted octanol–water partition coefficient (Wildman–Crippen LogP) is 4.64. The Balaban J connectivity index is 1.60. The number of rotatable bonds is 5. The number of benzene rings is 1. The SMILES string of the molecule is Fc1ccc(N2C(=S)N[C@H](c3ccccn3)[C@H]2c2cccn2Cc2cccnc2)cc1. The fourth-order valence-electron chi connectivity index (χ4n) is 4.06. The first-order chi connectivity index (χ1) is 15.2. The number of nitrogens with one attached hydrogen (secondary N) is 1. The number of halogens is 1. The lowest BCUT2D eigenvalue weighted by atomic mass is 10.0. The maximum absolute atomic E-state index is 13.6. The highest BCUT2D eigenvalue weighted by molar-refractivity contribution is 7.80. The van der Waals surface area contributed by atoms with E-state index in [4.69, 9.17) is 12.2 Å². The van der Waals surface area contributed by atoms with Crippen LogP contribution in [0.2, 0.25) is 0 Å². The van der Waals surface area contributed by atoms with Crippen LogP contribution in [0, 0.1) is 5.82 Å². The third kappa shape index (κ3) is 3.80. The Bertz CT molecular complexity index is 1180. The second-order valence-corrected chi connectivity index (χ2v) is 7.78. The zero-order chi connectivity index (χ0) is 21.2. The topological polar surface area (TPSA) is 46.0 Å². The van der Waals surface area contributed by atoms with Gasteiger partial charge in [0, 0.05) is 42.7 Å². The first-order valence-corrected chi connectivity index (χ1v) is 10.4. The first kappa shape index (κ1) is 19.4. The van der Waals surface area contributed by atoms with Crippen molar-refractivity contribution in [3.05, 3.63) is 114 Å². The Morgan fingerprint density at radius 3 is 2.58 bits per heavy atom. The molecule has 0 aliphatic carbocycles. The maximum Gasteiger partial charge on any atom is 0.174 e. The molecule has 31 heavy (non-hydrogen) atoms. The molecule has 1 saturated heterocycles. The minimum absolute atomic E-state index is 0.152. The molecule has 154 valence electrons. The van der Waals surface area contributed by atoms with E-state index in [0.29, 0.717) is 11.7 Å². The van der Waals surface area contributed by atoms with Crippen molar-refractivity contribution in [3.63, 3.8) is 0 Å². The Morgan fingerprint density at radius 2 is 1.84 bits per heavy atom. The number of hydrogen-bond acceptors (Lipinski definition) is 3. The second-order valence-electron chi connectivity index (χ2n) is 7.40. The van der Waals surface area contributed by atoms with Crippen molar-refractivity contribution >= 4 is 23.0 Å². The fraction of sp³-hybridized carbons (Fsp3) is 0.125. The summed E-state index contributed by atoms with van der Waals surface area (Å²) in [6.07, 6.45) is 7.48. The molecule has 0 radical (unpaired) electrons. The average Bonchev–Trinajstić information content (AvgIpc) is 3.39. The van der Waals surface area contributed by atoms with Crippen LogP contribution in [0.25, 0.3) is 0 Å². The van der Waals surface area contributed by atoms with Crippen LogP contribution >= 0.6 is 12.2 Å². The third-order valence-corrected chi connectivity index (χ3v) is 5.76. The number of hydrogen-bond donors (Lipinski definition) is 1. The molecule has 1 N–H and O–H groups in total. The molecule has 1 aliphatic rings. The molecule has 0 unspecified atom stereocenters. The van der Waals surface area contributed by atoms with Crippen molar-refractivity contribution in [1.82, 2.24) is 19.9 Å². The quantitative estimate of drug-likeness (QED) is 0.468. The van der Waals surface area contributed by atoms with Crippen LogP contribution in [0.4, 0.5) is 10.1 Å². The summed E-state index contributed by atoms with van der Waals surface area (Å²) in [6.45, 7) is 0.686. The van der Waals surface area contributed by atoms with Gasteiger partial charge in [0.25, 0.3) is 0 Å². The first-order valence-electron chi connectivity index (χ1n) is 10.0. The number of aromatic nitrogens is 3. The monoisotopic (exact) mass is 429 g/mol. The van der Waals surface area contributed by atoms with Crippen LogP contribution in [0.15, 0.2) is 91.5 Å². The Hall–Kier alpha value is -3.58. The maximum atomic E-state index is 13.6. The van der Waals surface area contributed by atoms with Crippen molar-refractivity contribution in [2.45, 2.75) is 18.6 Å². The summed E-state index contributed by atoms with van der Waals surface area (Å²) in [5, 5.41) is 4.02. The lowest BCUT2D eigenvalue weighted by Crippen LogP contribution is -2.30. The molecule has 0 saturated carbocycles. The normalized spacial score (nSPS) is 18.2. The van der Waals surface area contributed by atoms with Crippen LogP contribution in [0.3, 0.4) is 0 Å². The van der Waals surface area contributed by atoms with Crippen LogP contribution in [0.1, 0.15) is 29.0 Å². The van der Waals surface area contributed by atoms with E-state index in [-0.39, 0.29) is 17.9 Å². The largest absolute Gasteiger partial charge is 0.351 e. The summed E-state index contributed by atoms with van der Waals surface area (Å²) in [7, 11) is 0. The molecular weight excluding hydrogens is 409 g/mol. The van der Waals surface area contributed by atoms with Gasteiger partial charge in [0.2, 0.25) is 0 Å². The van der Waals surface area contributed by atoms with E-state index in [1.807, 2.05) is 41.4 Å². The van der Waals surface area contributed by atoms with Gasteiger partial charge in [0.05, 0.1) is 11.7 Å². The van der Waals surface area contributed by atoms with Gasteiger partial charge in [-0.1, -0.05) is 12.1 Å². The smallest absolute Gasteiger partial charge is 0.174 e. The number of thiocarbonyl (C=S) groups is 1. The number of pyridine rings is 2. The minimum atomic E-state index is -0.278. The summed E-state index contributed by atoms with van der Waals surface area (Å²) in [5.74, 6) is -0.278. The van der Waals surface area contributed by atoms with Crippen molar-refractivity contribution in [2.24, 2.45) is 0 Å². The predicted molar refractivity (Wildman–Crippen MR) is 122 cm³/mol. The van der Waals surface area contributed by atoms with E-state index >= 15 is 0 Å². The second kappa shape index (κ2) is 8.28. The Morgan fingerprint density at radius 1 is 0.968 bits per heavy atom. The van der Waals surface area contributed by atoms with Gasteiger partial charge in [-0.3, -0.25) is 9.97 Å². The third-order valence-electron chi connectivity index (χ3n) is 5.45. The zero-order valence-corrected chi connectivity index (χ0v) is 17.4. The molecule has 5 nitrogen and oxygen atoms in total. The van der Waals surface area contributed by atoms with E-state index in [1.54, 1.807) is 24.5 Å². The Kier molecular flexibility index (Phi) is 5.18. The average molecular weight is 430 g/mol. The fourth-order valence-corrected chi connectivity index (χ4v) is 4.41. The van der Waals surface area contributed by atoms with Crippen LogP contribution in [0.5, 0.6) is 0 Å². The molecule has 7 heteroatoms. The molecule has 1 fully saturated rings. The highest BCUT2D eigenvalue weighted by atomic mass is 32.1. The molecule has 1 aromatic carbocycles. The van der Waals surface area contributed by atoms with Crippen molar-refractivity contribution < 1.29 is 4.39 Å². The van der Waals surface area contributed by atoms with Gasteiger partial charge >= 0.3 is 0 Å². The molecular formula is C24H20FN5S. The molecule has 5 rings (SSSR count). The van der Waals surface area contributed by atoms with Crippen molar-refractivity contribution in [2.75, 3.05) is 4.90 Å². The van der Waals surface area contributed by atoms with Crippen LogP contribution < -0.4 is 10.2 Å². The standard InChI is InChI=1S/C24H20FN5S/c25-18-8-10-19(11-9-18)30-23(22(28-24(30)31)20-6-1-2-13-27-20)21-7-4-14-29(21)16-17-5-3-12-26-15-17/h1-15,22-23H,16H2,(H,28,31)/t22-,23-/m1/s1. The van der Waals surface area contributed by atoms with Gasteiger partial charge in [0.1, 0.15) is 11.9 Å². The highest BCUT2D eigenvalue weighted by Gasteiger charge is 2.42. The minimum Gasteiger partial charge on any atom is -0.351 e. The van der Waals surface area contributed by atoms with Crippen molar-refractivity contribution in [3.8, 4) is 0 Å². The molecule has 1 aliphatic heterocycles. The molecule has 4 aromatic rings. The molecule has 3 aromatic heterocycles. The van der Waals surface area contributed by atoms with E-state index in [0.717, 1.165) is 22.6 Å². The number of anilines is 1. The summed E-state index contributed by atoms with van der Waals surface area (Å²) in [4.78, 5) is 10.9. The van der Waals surface area contributed by atoms with Gasteiger partial charge in [-0.15, -0.1) is 0 Å². The highest BCUT2D eigenvalue weighted by Crippen LogP contribution is 2.41. The number of nitrogens with zero attached hydrogens (tertiary/aromatic N) is 4. The van der Waals surface area contributed by atoms with Gasteiger partial charge in [-0.05, 0) is 72.4 Å². The van der Waals surface area contributed by atoms with Crippen molar-refractivity contribution in [1.29, 1.82) is 0 Å². The van der Waals surface area contributed by atoms with Gasteiger partial charge in [0.15, 0.2) is 5.11 Å². The van der Waals surface area contributed by atoms with Gasteiger partial charge in [-0.2, -0.15) is 0 Å². The zero-order valence-electron chi connectivity index (χ0n) is 16.6. The lowest BCUT2D eigenvalue weighted by Gasteiger charge is -2.29. The summed E-state index contributed by atoms with van der Waals surface area (Å²) >= 11 is 5.73. The van der Waals surface area contributed by atoms with E-state index in [2.05, 4.69) is 38.2 Å². The van der Waals surface area contributed by atoms with E-state index < -0.39 is 0 Å². The molecule has 4 heterocycles. The van der Waals surface area contributed by atoms with Gasteiger partial charge in [-0.25, -0.2) is 4.39 Å². The van der Waals surface area contributed by atoms with Crippen LogP contribution in [-0.2, 0) is 6.54 Å². The lowest BCUT2D eigenvalue weighted by molar-refractivity contribution is 0.533. The van der Waals surface area contributed by atoms with Gasteiger partial charge < -0.3 is 14.8 Å².